The van der Waals surface area contributed by atoms with Gasteiger partial charge in [-0.25, -0.2) is 8.42 Å². The summed E-state index contributed by atoms with van der Waals surface area (Å²) in [7, 11) is -1.68. The second kappa shape index (κ2) is 9.95. The zero-order chi connectivity index (χ0) is 16.7. The molecule has 1 heterocycles. The highest BCUT2D eigenvalue weighted by Crippen LogP contribution is 2.16. The molecule has 0 spiro atoms. The van der Waals surface area contributed by atoms with Crippen molar-refractivity contribution in [1.29, 1.82) is 0 Å². The third-order valence-corrected chi connectivity index (χ3v) is 5.46. The molecule has 2 rings (SSSR count). The number of hydrogen-bond donors (Lipinski definition) is 2. The fourth-order valence-corrected chi connectivity index (χ4v) is 3.96. The lowest BCUT2D eigenvalue weighted by molar-refractivity contribution is -0.120. The molecule has 0 bridgehead atoms. The molecule has 0 radical (unpaired) electrons. The maximum Gasteiger partial charge on any atom is 0.234 e. The zero-order valence-corrected chi connectivity index (χ0v) is 15.3. The summed E-state index contributed by atoms with van der Waals surface area (Å²) in [5.41, 5.74) is 1.53. The summed E-state index contributed by atoms with van der Waals surface area (Å²) in [6.07, 6.45) is 0. The number of hydrogen-bond acceptors (Lipinski definition) is 5. The van der Waals surface area contributed by atoms with Gasteiger partial charge in [-0.05, 0) is 18.2 Å². The number of morpholine rings is 1. The minimum absolute atomic E-state index is 0. The number of benzene rings is 1. The highest BCUT2D eigenvalue weighted by atomic mass is 35.5. The summed E-state index contributed by atoms with van der Waals surface area (Å²) < 4.78 is 31.7. The topological polar surface area (TPSA) is 87.7 Å². The van der Waals surface area contributed by atoms with E-state index in [1.807, 2.05) is 18.2 Å². The summed E-state index contributed by atoms with van der Waals surface area (Å²) in [4.78, 5) is 11.5. The van der Waals surface area contributed by atoms with Crippen molar-refractivity contribution in [3.63, 3.8) is 0 Å². The quantitative estimate of drug-likeness (QED) is 0.704. The van der Waals surface area contributed by atoms with Crippen LogP contribution in [-0.2, 0) is 31.9 Å². The van der Waals surface area contributed by atoms with Crippen molar-refractivity contribution >= 4 is 28.3 Å². The number of ether oxygens (including phenoxy) is 1. The fraction of sp³-hybridized carbons (Fsp3) is 0.533. The van der Waals surface area contributed by atoms with Crippen LogP contribution in [0, 0.1) is 0 Å². The first kappa shape index (κ1) is 20.9. The fourth-order valence-electron chi connectivity index (χ4n) is 2.40. The molecular formula is C15H24ClN3O4S. The summed E-state index contributed by atoms with van der Waals surface area (Å²) in [5, 5.41) is 5.55. The Balaban J connectivity index is 0.00000288. The maximum absolute atomic E-state index is 12.5. The number of sulfonamides is 1. The first-order valence-electron chi connectivity index (χ1n) is 7.56. The van der Waals surface area contributed by atoms with Crippen molar-refractivity contribution < 1.29 is 17.9 Å². The van der Waals surface area contributed by atoms with Crippen LogP contribution in [0.3, 0.4) is 0 Å². The van der Waals surface area contributed by atoms with Gasteiger partial charge in [-0.2, -0.15) is 4.31 Å². The Bertz CT molecular complexity index is 633. The van der Waals surface area contributed by atoms with Crippen LogP contribution in [0.15, 0.2) is 24.3 Å². The average Bonchev–Trinajstić information content (AvgIpc) is 2.55. The number of nitrogens with one attached hydrogen (secondary N) is 2. The lowest BCUT2D eigenvalue weighted by Crippen LogP contribution is -2.41. The molecule has 1 saturated heterocycles. The molecule has 1 aliphatic rings. The van der Waals surface area contributed by atoms with Gasteiger partial charge < -0.3 is 15.4 Å². The molecule has 7 nitrogen and oxygen atoms in total. The lowest BCUT2D eigenvalue weighted by Gasteiger charge is -2.26. The van der Waals surface area contributed by atoms with E-state index in [4.69, 9.17) is 4.74 Å². The first-order chi connectivity index (χ1) is 11.0. The molecular weight excluding hydrogens is 354 g/mol. The molecule has 0 aliphatic carbocycles. The SMILES string of the molecule is CNCC(=O)NCc1ccccc1CS(=O)(=O)N1CCOCC1.Cl. The van der Waals surface area contributed by atoms with Crippen LogP contribution in [0.2, 0.25) is 0 Å². The van der Waals surface area contributed by atoms with Crippen LogP contribution in [0.5, 0.6) is 0 Å². The molecule has 0 unspecified atom stereocenters. The number of amides is 1. The van der Waals surface area contributed by atoms with E-state index >= 15 is 0 Å². The Morgan fingerprint density at radius 3 is 2.46 bits per heavy atom. The summed E-state index contributed by atoms with van der Waals surface area (Å²) in [6, 6.07) is 7.27. The molecule has 0 saturated carbocycles. The van der Waals surface area contributed by atoms with Crippen LogP contribution in [0.25, 0.3) is 0 Å². The Kier molecular flexibility index (Phi) is 8.65. The highest BCUT2D eigenvalue weighted by molar-refractivity contribution is 7.88. The minimum atomic E-state index is -3.38. The van der Waals surface area contributed by atoms with Gasteiger partial charge in [-0.15, -0.1) is 12.4 Å². The van der Waals surface area contributed by atoms with Crippen LogP contribution in [-0.4, -0.2) is 58.5 Å². The van der Waals surface area contributed by atoms with Crippen LogP contribution >= 0.6 is 12.4 Å². The molecule has 2 N–H and O–H groups in total. The van der Waals surface area contributed by atoms with E-state index in [0.717, 1.165) is 5.56 Å². The molecule has 1 amide bonds. The predicted octanol–water partition coefficient (Wildman–Crippen LogP) is 0.106. The second-order valence-electron chi connectivity index (χ2n) is 5.34. The van der Waals surface area contributed by atoms with Gasteiger partial charge in [-0.1, -0.05) is 24.3 Å². The van der Waals surface area contributed by atoms with E-state index < -0.39 is 10.0 Å². The molecule has 0 aromatic heterocycles. The van der Waals surface area contributed by atoms with E-state index in [1.54, 1.807) is 13.1 Å². The van der Waals surface area contributed by atoms with E-state index in [9.17, 15) is 13.2 Å². The van der Waals surface area contributed by atoms with Gasteiger partial charge in [0.15, 0.2) is 0 Å². The van der Waals surface area contributed by atoms with Gasteiger partial charge in [0.25, 0.3) is 0 Å². The van der Waals surface area contributed by atoms with E-state index in [0.29, 0.717) is 38.4 Å². The molecule has 1 fully saturated rings. The van der Waals surface area contributed by atoms with Crippen LogP contribution < -0.4 is 10.6 Å². The third kappa shape index (κ3) is 6.03. The molecule has 1 aromatic carbocycles. The zero-order valence-electron chi connectivity index (χ0n) is 13.7. The number of carbonyl (C=O) groups is 1. The van der Waals surface area contributed by atoms with Crippen LogP contribution in [0.1, 0.15) is 11.1 Å². The third-order valence-electron chi connectivity index (χ3n) is 3.63. The van der Waals surface area contributed by atoms with Crippen molar-refractivity contribution in [2.45, 2.75) is 12.3 Å². The van der Waals surface area contributed by atoms with Crippen molar-refractivity contribution in [2.24, 2.45) is 0 Å². The van der Waals surface area contributed by atoms with Gasteiger partial charge in [0.2, 0.25) is 15.9 Å². The molecule has 1 aromatic rings. The number of halogens is 1. The highest BCUT2D eigenvalue weighted by Gasteiger charge is 2.25. The summed E-state index contributed by atoms with van der Waals surface area (Å²) >= 11 is 0. The first-order valence-corrected chi connectivity index (χ1v) is 9.17. The second-order valence-corrected chi connectivity index (χ2v) is 7.31. The molecule has 136 valence electrons. The Hall–Kier alpha value is -1.19. The summed E-state index contributed by atoms with van der Waals surface area (Å²) in [6.45, 7) is 2.19. The molecule has 9 heteroatoms. The van der Waals surface area contributed by atoms with Gasteiger partial charge >= 0.3 is 0 Å². The normalized spacial score (nSPS) is 15.5. The predicted molar refractivity (Wildman–Crippen MR) is 94.5 cm³/mol. The largest absolute Gasteiger partial charge is 0.379 e. The number of likely N-dealkylation sites (N-methyl/N-ethyl adjacent to an activating group) is 1. The van der Waals surface area contributed by atoms with E-state index in [1.165, 1.54) is 4.31 Å². The average molecular weight is 378 g/mol. The standard InChI is InChI=1S/C15H23N3O4S.ClH/c1-16-11-15(19)17-10-13-4-2-3-5-14(13)12-23(20,21)18-6-8-22-9-7-18;/h2-5,16H,6-12H2,1H3,(H,17,19);1H. The summed E-state index contributed by atoms with van der Waals surface area (Å²) in [5.74, 6) is -0.191. The molecule has 0 atom stereocenters. The lowest BCUT2D eigenvalue weighted by atomic mass is 10.1. The molecule has 1 aliphatic heterocycles. The number of rotatable bonds is 7. The van der Waals surface area contributed by atoms with Crippen molar-refractivity contribution in [3.8, 4) is 0 Å². The van der Waals surface area contributed by atoms with Gasteiger partial charge in [-0.3, -0.25) is 4.79 Å². The van der Waals surface area contributed by atoms with Gasteiger partial charge in [0.1, 0.15) is 0 Å². The Labute approximate surface area is 149 Å². The molecule has 24 heavy (non-hydrogen) atoms. The smallest absolute Gasteiger partial charge is 0.234 e. The van der Waals surface area contributed by atoms with Crippen LogP contribution in [0.4, 0.5) is 0 Å². The Morgan fingerprint density at radius 1 is 1.21 bits per heavy atom. The van der Waals surface area contributed by atoms with Gasteiger partial charge in [0, 0.05) is 19.6 Å². The monoisotopic (exact) mass is 377 g/mol. The van der Waals surface area contributed by atoms with Crippen molar-refractivity contribution in [2.75, 3.05) is 39.9 Å². The number of nitrogens with zero attached hydrogens (tertiary/aromatic N) is 1. The van der Waals surface area contributed by atoms with E-state index in [-0.39, 0.29) is 30.6 Å². The maximum atomic E-state index is 12.5. The van der Waals surface area contributed by atoms with Gasteiger partial charge in [0.05, 0.1) is 25.5 Å². The minimum Gasteiger partial charge on any atom is -0.379 e. The number of carbonyl (C=O) groups excluding carboxylic acids is 1. The Morgan fingerprint density at radius 2 is 1.83 bits per heavy atom. The van der Waals surface area contributed by atoms with Crippen molar-refractivity contribution in [3.05, 3.63) is 35.4 Å². The van der Waals surface area contributed by atoms with Crippen molar-refractivity contribution in [1.82, 2.24) is 14.9 Å². The van der Waals surface area contributed by atoms with E-state index in [2.05, 4.69) is 10.6 Å².